The molecule has 5 heterocycles. The van der Waals surface area contributed by atoms with Crippen LogP contribution in [0.3, 0.4) is 0 Å². The van der Waals surface area contributed by atoms with Gasteiger partial charge in [0.1, 0.15) is 11.3 Å². The molecule has 36 heavy (non-hydrogen) atoms. The number of nitrogens with zero attached hydrogens (tertiary/aromatic N) is 6. The highest BCUT2D eigenvalue weighted by Crippen LogP contribution is 2.29. The summed E-state index contributed by atoms with van der Waals surface area (Å²) in [6, 6.07) is 5.82. The Kier molecular flexibility index (Phi) is 7.56. The minimum atomic E-state index is -0.704. The van der Waals surface area contributed by atoms with Crippen LogP contribution in [0.5, 0.6) is 0 Å². The van der Waals surface area contributed by atoms with E-state index in [-0.39, 0.29) is 12.7 Å². The molecule has 3 aromatic heterocycles. The first-order valence-electron chi connectivity index (χ1n) is 12.8. The minimum absolute atomic E-state index is 0.285. The molecule has 0 radical (unpaired) electrons. The van der Waals surface area contributed by atoms with Gasteiger partial charge in [0.2, 0.25) is 5.95 Å². The molecule has 0 bridgehead atoms. The SMILES string of the molecule is CC(O)c1cc2cnc(Nc3ccc(CN4CCC(CO)CC4)cn3)nc2c(N2CCC(O)CC2)n1. The Balaban J connectivity index is 1.32. The predicted molar refractivity (Wildman–Crippen MR) is 138 cm³/mol. The number of rotatable bonds is 7. The molecule has 10 heteroatoms. The molecule has 5 rings (SSSR count). The summed E-state index contributed by atoms with van der Waals surface area (Å²) in [4.78, 5) is 23.0. The fourth-order valence-electron chi connectivity index (χ4n) is 4.91. The Morgan fingerprint density at radius 2 is 1.81 bits per heavy atom. The van der Waals surface area contributed by atoms with Crippen LogP contribution in [-0.4, -0.2) is 79.0 Å². The molecule has 1 unspecified atom stereocenters. The summed E-state index contributed by atoms with van der Waals surface area (Å²) in [6.07, 6.45) is 6.05. The summed E-state index contributed by atoms with van der Waals surface area (Å²) in [5.74, 6) is 2.23. The zero-order valence-electron chi connectivity index (χ0n) is 20.7. The van der Waals surface area contributed by atoms with Crippen LogP contribution in [0.2, 0.25) is 0 Å². The molecule has 2 aliphatic heterocycles. The monoisotopic (exact) mass is 493 g/mol. The lowest BCUT2D eigenvalue weighted by molar-refractivity contribution is 0.127. The lowest BCUT2D eigenvalue weighted by Crippen LogP contribution is -2.36. The van der Waals surface area contributed by atoms with Crippen LogP contribution in [0.15, 0.2) is 30.6 Å². The van der Waals surface area contributed by atoms with Gasteiger partial charge in [-0.05, 0) is 69.3 Å². The molecule has 2 aliphatic rings. The number of aromatic nitrogens is 4. The van der Waals surface area contributed by atoms with E-state index in [9.17, 15) is 15.3 Å². The van der Waals surface area contributed by atoms with Crippen molar-refractivity contribution in [1.82, 2.24) is 24.8 Å². The Hall–Kier alpha value is -2.92. The van der Waals surface area contributed by atoms with E-state index in [1.165, 1.54) is 0 Å². The van der Waals surface area contributed by atoms with Crippen LogP contribution in [0.25, 0.3) is 10.9 Å². The van der Waals surface area contributed by atoms with Gasteiger partial charge in [0.05, 0.1) is 17.9 Å². The van der Waals surface area contributed by atoms with Gasteiger partial charge in [-0.1, -0.05) is 6.07 Å². The quantitative estimate of drug-likeness (QED) is 0.389. The lowest BCUT2D eigenvalue weighted by Gasteiger charge is -2.31. The van der Waals surface area contributed by atoms with E-state index in [0.29, 0.717) is 60.6 Å². The number of hydrogen-bond acceptors (Lipinski definition) is 10. The molecule has 0 saturated carbocycles. The van der Waals surface area contributed by atoms with Crippen molar-refractivity contribution in [2.45, 2.75) is 51.4 Å². The Labute approximate surface area is 211 Å². The highest BCUT2D eigenvalue weighted by molar-refractivity contribution is 5.89. The standard InChI is InChI=1S/C26H35N7O3/c1-17(35)22-12-20-14-28-26(31-24(20)25(29-22)33-10-6-21(36)7-11-33)30-23-3-2-19(13-27-23)15-32-8-4-18(16-34)5-9-32/h2-3,12-14,17-18,21,34-36H,4-11,15-16H2,1H3,(H,27,28,30,31). The largest absolute Gasteiger partial charge is 0.396 e. The summed E-state index contributed by atoms with van der Waals surface area (Å²) in [6.45, 7) is 6.19. The number of hydrogen-bond donors (Lipinski definition) is 4. The number of likely N-dealkylation sites (tertiary alicyclic amines) is 1. The summed E-state index contributed by atoms with van der Waals surface area (Å²) < 4.78 is 0. The van der Waals surface area contributed by atoms with Crippen LogP contribution < -0.4 is 10.2 Å². The molecule has 0 spiro atoms. The van der Waals surface area contributed by atoms with E-state index < -0.39 is 6.10 Å². The van der Waals surface area contributed by atoms with E-state index in [1.807, 2.05) is 18.3 Å². The van der Waals surface area contributed by atoms with Gasteiger partial charge in [0, 0.05) is 44.0 Å². The fourth-order valence-corrected chi connectivity index (χ4v) is 4.91. The number of anilines is 3. The van der Waals surface area contributed by atoms with Crippen molar-refractivity contribution in [2.75, 3.05) is 43.0 Å². The molecular weight excluding hydrogens is 458 g/mol. The molecule has 10 nitrogen and oxygen atoms in total. The van der Waals surface area contributed by atoms with Gasteiger partial charge in [0.25, 0.3) is 0 Å². The van der Waals surface area contributed by atoms with Crippen LogP contribution in [0.4, 0.5) is 17.6 Å². The second-order valence-corrected chi connectivity index (χ2v) is 9.98. The Morgan fingerprint density at radius 3 is 2.47 bits per heavy atom. The van der Waals surface area contributed by atoms with E-state index in [1.54, 1.807) is 13.1 Å². The molecule has 2 saturated heterocycles. The van der Waals surface area contributed by atoms with Crippen LogP contribution in [0, 0.1) is 5.92 Å². The molecule has 0 aromatic carbocycles. The van der Waals surface area contributed by atoms with Crippen molar-refractivity contribution >= 4 is 28.5 Å². The molecule has 4 N–H and O–H groups in total. The summed E-state index contributed by atoms with van der Waals surface area (Å²) >= 11 is 0. The topological polar surface area (TPSA) is 131 Å². The number of fused-ring (bicyclic) bond motifs is 1. The summed E-state index contributed by atoms with van der Waals surface area (Å²) in [7, 11) is 0. The molecule has 0 amide bonds. The van der Waals surface area contributed by atoms with Crippen LogP contribution in [0.1, 0.15) is 50.0 Å². The highest BCUT2D eigenvalue weighted by atomic mass is 16.3. The van der Waals surface area contributed by atoms with Crippen molar-refractivity contribution in [3.8, 4) is 0 Å². The van der Waals surface area contributed by atoms with Crippen molar-refractivity contribution in [3.05, 3.63) is 41.9 Å². The van der Waals surface area contributed by atoms with Gasteiger partial charge in [0.15, 0.2) is 5.82 Å². The highest BCUT2D eigenvalue weighted by Gasteiger charge is 2.23. The zero-order valence-corrected chi connectivity index (χ0v) is 20.7. The molecule has 0 aliphatic carbocycles. The number of pyridine rings is 2. The third-order valence-electron chi connectivity index (χ3n) is 7.20. The van der Waals surface area contributed by atoms with Gasteiger partial charge in [-0.3, -0.25) is 4.90 Å². The number of nitrogens with one attached hydrogen (secondary N) is 1. The van der Waals surface area contributed by atoms with Crippen molar-refractivity contribution in [3.63, 3.8) is 0 Å². The van der Waals surface area contributed by atoms with E-state index >= 15 is 0 Å². The van der Waals surface area contributed by atoms with E-state index in [2.05, 4.69) is 31.2 Å². The second-order valence-electron chi connectivity index (χ2n) is 9.98. The second kappa shape index (κ2) is 11.0. The van der Waals surface area contributed by atoms with Gasteiger partial charge in [-0.2, -0.15) is 0 Å². The third-order valence-corrected chi connectivity index (χ3v) is 7.20. The molecular formula is C26H35N7O3. The summed E-state index contributed by atoms with van der Waals surface area (Å²) in [5, 5.41) is 33.4. The van der Waals surface area contributed by atoms with Gasteiger partial charge >= 0.3 is 0 Å². The normalized spacial score (nSPS) is 19.1. The van der Waals surface area contributed by atoms with Crippen LogP contribution >= 0.6 is 0 Å². The van der Waals surface area contributed by atoms with Gasteiger partial charge in [-0.15, -0.1) is 0 Å². The molecule has 1 atom stereocenters. The first-order valence-corrected chi connectivity index (χ1v) is 12.8. The first-order chi connectivity index (χ1) is 17.5. The Morgan fingerprint density at radius 1 is 1.03 bits per heavy atom. The van der Waals surface area contributed by atoms with E-state index in [4.69, 9.17) is 9.97 Å². The smallest absolute Gasteiger partial charge is 0.229 e. The number of piperidine rings is 2. The summed E-state index contributed by atoms with van der Waals surface area (Å²) in [5.41, 5.74) is 2.42. The number of aliphatic hydroxyl groups excluding tert-OH is 3. The maximum atomic E-state index is 10.2. The number of aliphatic hydroxyl groups is 3. The molecule has 192 valence electrons. The van der Waals surface area contributed by atoms with Gasteiger partial charge < -0.3 is 25.5 Å². The average molecular weight is 494 g/mol. The lowest BCUT2D eigenvalue weighted by atomic mass is 9.98. The zero-order chi connectivity index (χ0) is 25.1. The minimum Gasteiger partial charge on any atom is -0.396 e. The Bertz CT molecular complexity index is 1160. The third kappa shape index (κ3) is 5.73. The average Bonchev–Trinajstić information content (AvgIpc) is 2.90. The van der Waals surface area contributed by atoms with Crippen molar-refractivity contribution in [2.24, 2.45) is 5.92 Å². The molecule has 2 fully saturated rings. The maximum absolute atomic E-state index is 10.2. The van der Waals surface area contributed by atoms with Crippen molar-refractivity contribution < 1.29 is 15.3 Å². The van der Waals surface area contributed by atoms with E-state index in [0.717, 1.165) is 43.4 Å². The molecule has 3 aromatic rings. The van der Waals surface area contributed by atoms with Crippen molar-refractivity contribution in [1.29, 1.82) is 0 Å². The fraction of sp³-hybridized carbons (Fsp3) is 0.538. The first kappa shape index (κ1) is 24.8. The van der Waals surface area contributed by atoms with Gasteiger partial charge in [-0.25, -0.2) is 19.9 Å². The predicted octanol–water partition coefficient (Wildman–Crippen LogP) is 2.38. The van der Waals surface area contributed by atoms with Crippen LogP contribution in [-0.2, 0) is 6.54 Å². The maximum Gasteiger partial charge on any atom is 0.229 e.